The normalized spacial score (nSPS) is 53.1. The highest BCUT2D eigenvalue weighted by atomic mass is 16.3. The van der Waals surface area contributed by atoms with Crippen LogP contribution < -0.4 is 5.73 Å². The van der Waals surface area contributed by atoms with Crippen LogP contribution in [-0.4, -0.2) is 41.8 Å². The predicted molar refractivity (Wildman–Crippen MR) is 75.6 cm³/mol. The van der Waals surface area contributed by atoms with Gasteiger partial charge in [-0.15, -0.1) is 0 Å². The van der Waals surface area contributed by atoms with Gasteiger partial charge in [-0.3, -0.25) is 0 Å². The first-order valence-electron chi connectivity index (χ1n) is 8.30. The zero-order chi connectivity index (χ0) is 13.0. The summed E-state index contributed by atoms with van der Waals surface area (Å²) in [6, 6.07) is 0. The van der Waals surface area contributed by atoms with Gasteiger partial charge >= 0.3 is 0 Å². The van der Waals surface area contributed by atoms with Crippen LogP contribution in [0.25, 0.3) is 0 Å². The Kier molecular flexibility index (Phi) is 2.95. The van der Waals surface area contributed by atoms with E-state index < -0.39 is 5.60 Å². The molecule has 19 heavy (non-hydrogen) atoms. The number of hydrogen-bond donors (Lipinski definition) is 2. The van der Waals surface area contributed by atoms with Crippen LogP contribution in [0.5, 0.6) is 0 Å². The van der Waals surface area contributed by atoms with Crippen molar-refractivity contribution in [2.45, 2.75) is 44.1 Å². The molecule has 0 aromatic heterocycles. The lowest BCUT2D eigenvalue weighted by molar-refractivity contribution is -0.0494. The van der Waals surface area contributed by atoms with Crippen molar-refractivity contribution in [1.82, 2.24) is 4.90 Å². The molecule has 4 saturated carbocycles. The van der Waals surface area contributed by atoms with Gasteiger partial charge in [0.25, 0.3) is 0 Å². The Morgan fingerprint density at radius 2 is 1.68 bits per heavy atom. The third-order valence-electron chi connectivity index (χ3n) is 6.68. The van der Waals surface area contributed by atoms with Crippen LogP contribution in [0.15, 0.2) is 0 Å². The standard InChI is InChI=1S/C16H28N2O/c17-9-16(19)1-2-18(10-16)8-15-13-4-11-3-12(6-13)7-14(15)5-11/h11-15,19H,1-10,17H2. The Morgan fingerprint density at radius 3 is 2.21 bits per heavy atom. The molecule has 5 rings (SSSR count). The van der Waals surface area contributed by atoms with Gasteiger partial charge in [-0.1, -0.05) is 0 Å². The number of aliphatic hydroxyl groups is 1. The molecular weight excluding hydrogens is 236 g/mol. The van der Waals surface area contributed by atoms with Crippen LogP contribution in [0, 0.1) is 29.6 Å². The summed E-state index contributed by atoms with van der Waals surface area (Å²) in [5.41, 5.74) is 5.11. The average Bonchev–Trinajstić information content (AvgIpc) is 2.76. The highest BCUT2D eigenvalue weighted by Crippen LogP contribution is 2.56. The molecule has 4 aliphatic carbocycles. The van der Waals surface area contributed by atoms with Crippen molar-refractivity contribution in [2.24, 2.45) is 35.3 Å². The highest BCUT2D eigenvalue weighted by Gasteiger charge is 2.49. The topological polar surface area (TPSA) is 49.5 Å². The largest absolute Gasteiger partial charge is 0.387 e. The van der Waals surface area contributed by atoms with Gasteiger partial charge in [-0.2, -0.15) is 0 Å². The van der Waals surface area contributed by atoms with Gasteiger partial charge in [0, 0.05) is 26.2 Å². The van der Waals surface area contributed by atoms with Gasteiger partial charge in [-0.25, -0.2) is 0 Å². The van der Waals surface area contributed by atoms with E-state index in [0.29, 0.717) is 6.54 Å². The van der Waals surface area contributed by atoms with Crippen molar-refractivity contribution in [2.75, 3.05) is 26.2 Å². The number of nitrogens with two attached hydrogens (primary N) is 1. The lowest BCUT2D eigenvalue weighted by Crippen LogP contribution is -2.49. The molecule has 1 saturated heterocycles. The minimum absolute atomic E-state index is 0.422. The summed E-state index contributed by atoms with van der Waals surface area (Å²) in [6.45, 7) is 3.52. The van der Waals surface area contributed by atoms with Crippen LogP contribution in [0.2, 0.25) is 0 Å². The molecule has 0 aromatic rings. The lowest BCUT2D eigenvalue weighted by Gasteiger charge is -2.55. The quantitative estimate of drug-likeness (QED) is 0.811. The molecule has 1 atom stereocenters. The molecule has 108 valence electrons. The molecule has 3 N–H and O–H groups in total. The predicted octanol–water partition coefficient (Wildman–Crippen LogP) is 1.45. The minimum atomic E-state index is -0.591. The van der Waals surface area contributed by atoms with Crippen molar-refractivity contribution < 1.29 is 5.11 Å². The highest BCUT2D eigenvalue weighted by molar-refractivity contribution is 5.00. The van der Waals surface area contributed by atoms with E-state index in [2.05, 4.69) is 4.90 Å². The van der Waals surface area contributed by atoms with Crippen molar-refractivity contribution >= 4 is 0 Å². The molecule has 3 nitrogen and oxygen atoms in total. The maximum Gasteiger partial charge on any atom is 0.0907 e. The molecule has 0 radical (unpaired) electrons. The molecule has 1 aliphatic heterocycles. The molecule has 0 aromatic carbocycles. The molecule has 3 heteroatoms. The molecule has 4 bridgehead atoms. The van der Waals surface area contributed by atoms with E-state index in [1.165, 1.54) is 38.6 Å². The smallest absolute Gasteiger partial charge is 0.0907 e. The van der Waals surface area contributed by atoms with E-state index >= 15 is 0 Å². The Morgan fingerprint density at radius 1 is 1.05 bits per heavy atom. The first-order valence-corrected chi connectivity index (χ1v) is 8.30. The Hall–Kier alpha value is -0.120. The monoisotopic (exact) mass is 264 g/mol. The summed E-state index contributed by atoms with van der Waals surface area (Å²) in [4.78, 5) is 2.50. The number of rotatable bonds is 3. The Labute approximate surface area is 116 Å². The van der Waals surface area contributed by atoms with E-state index in [9.17, 15) is 5.11 Å². The van der Waals surface area contributed by atoms with Gasteiger partial charge in [-0.05, 0) is 68.1 Å². The number of β-amino-alcohol motifs (C(OH)–C–C–N with tert-alkyl or cyclic N) is 1. The van der Waals surface area contributed by atoms with Crippen molar-refractivity contribution in [3.05, 3.63) is 0 Å². The van der Waals surface area contributed by atoms with Crippen molar-refractivity contribution in [3.63, 3.8) is 0 Å². The molecular formula is C16H28N2O. The van der Waals surface area contributed by atoms with E-state index in [1.807, 2.05) is 0 Å². The number of nitrogens with zero attached hydrogens (tertiary/aromatic N) is 1. The first kappa shape index (κ1) is 12.6. The van der Waals surface area contributed by atoms with E-state index in [4.69, 9.17) is 5.73 Å². The maximum atomic E-state index is 10.3. The molecule has 0 spiro atoms. The fraction of sp³-hybridized carbons (Fsp3) is 1.00. The van der Waals surface area contributed by atoms with Crippen LogP contribution in [-0.2, 0) is 0 Å². The molecule has 5 fully saturated rings. The molecule has 5 aliphatic rings. The zero-order valence-corrected chi connectivity index (χ0v) is 11.9. The average molecular weight is 264 g/mol. The summed E-state index contributed by atoms with van der Waals surface area (Å²) in [7, 11) is 0. The van der Waals surface area contributed by atoms with Crippen LogP contribution in [0.1, 0.15) is 38.5 Å². The molecule has 0 amide bonds. The summed E-state index contributed by atoms with van der Waals surface area (Å²) < 4.78 is 0. The first-order chi connectivity index (χ1) is 9.15. The maximum absolute atomic E-state index is 10.3. The third kappa shape index (κ3) is 2.14. The number of hydrogen-bond acceptors (Lipinski definition) is 3. The van der Waals surface area contributed by atoms with E-state index in [0.717, 1.165) is 49.1 Å². The second-order valence-corrected chi connectivity index (χ2v) is 8.01. The third-order valence-corrected chi connectivity index (χ3v) is 6.68. The van der Waals surface area contributed by atoms with Crippen LogP contribution in [0.4, 0.5) is 0 Å². The van der Waals surface area contributed by atoms with Crippen LogP contribution >= 0.6 is 0 Å². The van der Waals surface area contributed by atoms with Crippen molar-refractivity contribution in [3.8, 4) is 0 Å². The van der Waals surface area contributed by atoms with Gasteiger partial charge in [0.2, 0.25) is 0 Å². The van der Waals surface area contributed by atoms with Gasteiger partial charge in [0.05, 0.1) is 5.60 Å². The molecule has 1 heterocycles. The second kappa shape index (κ2) is 4.44. The van der Waals surface area contributed by atoms with Crippen molar-refractivity contribution in [1.29, 1.82) is 0 Å². The summed E-state index contributed by atoms with van der Waals surface area (Å²) >= 11 is 0. The SMILES string of the molecule is NCC1(O)CCN(CC2C3CC4CC(C3)CC2C4)C1. The second-order valence-electron chi connectivity index (χ2n) is 8.01. The van der Waals surface area contributed by atoms with E-state index in [1.54, 1.807) is 0 Å². The summed E-state index contributed by atoms with van der Waals surface area (Å²) in [5.74, 6) is 5.06. The zero-order valence-electron chi connectivity index (χ0n) is 11.9. The van der Waals surface area contributed by atoms with Gasteiger partial charge in [0.15, 0.2) is 0 Å². The Bertz CT molecular complexity index is 331. The fourth-order valence-corrected chi connectivity index (χ4v) is 5.90. The van der Waals surface area contributed by atoms with Gasteiger partial charge in [0.1, 0.15) is 0 Å². The minimum Gasteiger partial charge on any atom is -0.387 e. The fourth-order valence-electron chi connectivity index (χ4n) is 5.90. The molecule has 1 unspecified atom stereocenters. The summed E-state index contributed by atoms with van der Waals surface area (Å²) in [6.07, 6.45) is 8.44. The van der Waals surface area contributed by atoms with Gasteiger partial charge < -0.3 is 15.7 Å². The summed E-state index contributed by atoms with van der Waals surface area (Å²) in [5, 5.41) is 10.3. The Balaban J connectivity index is 1.41. The number of likely N-dealkylation sites (tertiary alicyclic amines) is 1. The van der Waals surface area contributed by atoms with Crippen LogP contribution in [0.3, 0.4) is 0 Å². The van der Waals surface area contributed by atoms with E-state index in [-0.39, 0.29) is 0 Å². The lowest BCUT2D eigenvalue weighted by atomic mass is 9.52.